The second-order valence-corrected chi connectivity index (χ2v) is 8.11. The lowest BCUT2D eigenvalue weighted by atomic mass is 9.72. The molecule has 4 rings (SSSR count). The molecule has 27 heavy (non-hydrogen) atoms. The fourth-order valence-corrected chi connectivity index (χ4v) is 4.92. The lowest BCUT2D eigenvalue weighted by Gasteiger charge is -2.47. The molecule has 1 aliphatic carbocycles. The predicted molar refractivity (Wildman–Crippen MR) is 108 cm³/mol. The van der Waals surface area contributed by atoms with Crippen LogP contribution in [0.2, 0.25) is 0 Å². The van der Waals surface area contributed by atoms with Crippen LogP contribution in [0.15, 0.2) is 60.7 Å². The Hall–Kier alpha value is -1.97. The van der Waals surface area contributed by atoms with E-state index in [0.717, 1.165) is 12.1 Å². The maximum atomic E-state index is 13.4. The number of carbonyl (C=O) groups excluding carboxylic acids is 1. The topological polar surface area (TPSA) is 40.5 Å². The fourth-order valence-electron chi connectivity index (χ4n) is 4.92. The molecule has 142 valence electrons. The first-order valence-electron chi connectivity index (χ1n) is 10.3. The molecule has 0 bridgehead atoms. The average Bonchev–Trinajstić information content (AvgIpc) is 2.75. The lowest BCUT2D eigenvalue weighted by Crippen LogP contribution is -2.55. The minimum absolute atomic E-state index is 0.0578. The lowest BCUT2D eigenvalue weighted by molar-refractivity contribution is -0.0749. The van der Waals surface area contributed by atoms with E-state index in [1.807, 2.05) is 60.7 Å². The van der Waals surface area contributed by atoms with Gasteiger partial charge in [0.15, 0.2) is 5.78 Å². The molecule has 2 fully saturated rings. The van der Waals surface area contributed by atoms with Crippen LogP contribution < -0.4 is 0 Å². The number of benzene rings is 2. The Kier molecular flexibility index (Phi) is 5.42. The first-order chi connectivity index (χ1) is 13.2. The van der Waals surface area contributed by atoms with Gasteiger partial charge in [0.05, 0.1) is 5.92 Å². The van der Waals surface area contributed by atoms with Crippen molar-refractivity contribution in [3.8, 4) is 0 Å². The van der Waals surface area contributed by atoms with E-state index in [0.29, 0.717) is 24.6 Å². The van der Waals surface area contributed by atoms with Crippen LogP contribution in [-0.2, 0) is 5.60 Å². The van der Waals surface area contributed by atoms with Crippen molar-refractivity contribution in [1.29, 1.82) is 0 Å². The molecule has 3 heteroatoms. The van der Waals surface area contributed by atoms with Crippen molar-refractivity contribution in [2.24, 2.45) is 5.92 Å². The van der Waals surface area contributed by atoms with Gasteiger partial charge in [0, 0.05) is 24.7 Å². The van der Waals surface area contributed by atoms with Crippen molar-refractivity contribution in [3.05, 3.63) is 71.8 Å². The largest absolute Gasteiger partial charge is 0.384 e. The van der Waals surface area contributed by atoms with Crippen molar-refractivity contribution in [3.63, 3.8) is 0 Å². The van der Waals surface area contributed by atoms with Gasteiger partial charge >= 0.3 is 0 Å². The van der Waals surface area contributed by atoms with Crippen LogP contribution in [0.3, 0.4) is 0 Å². The molecule has 1 aliphatic heterocycles. The van der Waals surface area contributed by atoms with E-state index >= 15 is 0 Å². The molecular formula is C24H29NO2. The molecule has 0 spiro atoms. The van der Waals surface area contributed by atoms with Crippen molar-refractivity contribution in [2.45, 2.75) is 50.2 Å². The number of aliphatic hydroxyl groups is 1. The van der Waals surface area contributed by atoms with Gasteiger partial charge in [-0.15, -0.1) is 0 Å². The average molecular weight is 364 g/mol. The minimum atomic E-state index is -1.10. The van der Waals surface area contributed by atoms with Gasteiger partial charge in [-0.2, -0.15) is 0 Å². The molecule has 2 aromatic carbocycles. The van der Waals surface area contributed by atoms with E-state index in [2.05, 4.69) is 4.90 Å². The summed E-state index contributed by atoms with van der Waals surface area (Å²) in [5.74, 6) is -0.375. The molecule has 0 amide bonds. The van der Waals surface area contributed by atoms with Gasteiger partial charge in [-0.05, 0) is 24.8 Å². The van der Waals surface area contributed by atoms with Crippen molar-refractivity contribution in [1.82, 2.24) is 4.90 Å². The Morgan fingerprint density at radius 2 is 1.56 bits per heavy atom. The van der Waals surface area contributed by atoms with Gasteiger partial charge in [0.2, 0.25) is 0 Å². The van der Waals surface area contributed by atoms with Crippen LogP contribution in [0.1, 0.15) is 54.4 Å². The van der Waals surface area contributed by atoms with Crippen LogP contribution in [0.5, 0.6) is 0 Å². The monoisotopic (exact) mass is 363 g/mol. The number of ketones is 1. The Labute approximate surface area is 162 Å². The van der Waals surface area contributed by atoms with Crippen molar-refractivity contribution >= 4 is 5.78 Å². The van der Waals surface area contributed by atoms with Crippen LogP contribution in [-0.4, -0.2) is 34.9 Å². The number of hydrogen-bond donors (Lipinski definition) is 1. The van der Waals surface area contributed by atoms with Gasteiger partial charge in [-0.3, -0.25) is 9.69 Å². The third-order valence-corrected chi connectivity index (χ3v) is 6.51. The van der Waals surface area contributed by atoms with Crippen LogP contribution in [0, 0.1) is 5.92 Å². The molecule has 2 aromatic rings. The van der Waals surface area contributed by atoms with Crippen LogP contribution in [0.25, 0.3) is 0 Å². The summed E-state index contributed by atoms with van der Waals surface area (Å²) in [6, 6.07) is 19.8. The molecular weight excluding hydrogens is 334 g/mol. The maximum absolute atomic E-state index is 13.4. The Balaban J connectivity index is 1.66. The molecule has 0 aromatic heterocycles. The smallest absolute Gasteiger partial charge is 0.170 e. The van der Waals surface area contributed by atoms with Gasteiger partial charge < -0.3 is 5.11 Å². The fraction of sp³-hybridized carbons (Fsp3) is 0.458. The molecule has 2 atom stereocenters. The number of hydrogen-bond acceptors (Lipinski definition) is 3. The van der Waals surface area contributed by atoms with E-state index in [-0.39, 0.29) is 5.78 Å². The van der Waals surface area contributed by atoms with E-state index in [1.165, 1.54) is 32.1 Å². The van der Waals surface area contributed by atoms with Gasteiger partial charge in [0.25, 0.3) is 0 Å². The second kappa shape index (κ2) is 7.95. The molecule has 2 unspecified atom stereocenters. The second-order valence-electron chi connectivity index (χ2n) is 8.11. The number of Topliss-reactive ketones (excluding diaryl/α,β-unsaturated/α-hetero) is 1. The number of carbonyl (C=O) groups is 1. The number of nitrogens with zero attached hydrogens (tertiary/aromatic N) is 1. The van der Waals surface area contributed by atoms with Gasteiger partial charge in [-0.1, -0.05) is 79.9 Å². The molecule has 3 nitrogen and oxygen atoms in total. The first kappa shape index (κ1) is 18.4. The van der Waals surface area contributed by atoms with Crippen molar-refractivity contribution < 1.29 is 9.90 Å². The molecule has 1 heterocycles. The SMILES string of the molecule is O=C(c1ccccc1)C1CN(C2CCCCC2)CCC1(O)c1ccccc1. The van der Waals surface area contributed by atoms with Crippen LogP contribution in [0.4, 0.5) is 0 Å². The summed E-state index contributed by atoms with van der Waals surface area (Å²) in [7, 11) is 0. The maximum Gasteiger partial charge on any atom is 0.170 e. The standard InChI is InChI=1S/C24H29NO2/c26-23(19-10-4-1-5-11-19)22-18-25(21-14-8-3-9-15-21)17-16-24(22,27)20-12-6-2-7-13-20/h1-2,4-7,10-13,21-22,27H,3,8-9,14-18H2. The summed E-state index contributed by atoms with van der Waals surface area (Å²) in [6.45, 7) is 1.50. The highest BCUT2D eigenvalue weighted by Gasteiger charge is 2.47. The van der Waals surface area contributed by atoms with Crippen LogP contribution >= 0.6 is 0 Å². The zero-order valence-corrected chi connectivity index (χ0v) is 15.9. The van der Waals surface area contributed by atoms with Gasteiger partial charge in [0.1, 0.15) is 5.60 Å². The molecule has 1 N–H and O–H groups in total. The molecule has 1 saturated carbocycles. The van der Waals surface area contributed by atoms with E-state index in [1.54, 1.807) is 0 Å². The zero-order valence-electron chi connectivity index (χ0n) is 15.9. The Morgan fingerprint density at radius 3 is 2.22 bits per heavy atom. The highest BCUT2D eigenvalue weighted by Crippen LogP contribution is 2.41. The summed E-state index contributed by atoms with van der Waals surface area (Å²) >= 11 is 0. The minimum Gasteiger partial charge on any atom is -0.384 e. The molecule has 0 radical (unpaired) electrons. The molecule has 1 saturated heterocycles. The zero-order chi connectivity index (χ0) is 18.7. The number of piperidine rings is 1. The third kappa shape index (κ3) is 3.71. The summed E-state index contributed by atoms with van der Waals surface area (Å²) in [6.07, 6.45) is 6.93. The summed E-state index contributed by atoms with van der Waals surface area (Å²) in [5.41, 5.74) is 0.462. The predicted octanol–water partition coefficient (Wildman–Crippen LogP) is 4.41. The Morgan fingerprint density at radius 1 is 0.926 bits per heavy atom. The molecule has 2 aliphatic rings. The highest BCUT2D eigenvalue weighted by atomic mass is 16.3. The van der Waals surface area contributed by atoms with E-state index in [4.69, 9.17) is 0 Å². The van der Waals surface area contributed by atoms with E-state index < -0.39 is 11.5 Å². The number of rotatable bonds is 4. The normalized spacial score (nSPS) is 27.4. The highest BCUT2D eigenvalue weighted by molar-refractivity contribution is 5.99. The first-order valence-corrected chi connectivity index (χ1v) is 10.3. The summed E-state index contributed by atoms with van der Waals surface area (Å²) < 4.78 is 0. The van der Waals surface area contributed by atoms with Crippen molar-refractivity contribution in [2.75, 3.05) is 13.1 Å². The van der Waals surface area contributed by atoms with E-state index in [9.17, 15) is 9.90 Å². The third-order valence-electron chi connectivity index (χ3n) is 6.51. The summed E-state index contributed by atoms with van der Waals surface area (Å²) in [4.78, 5) is 15.9. The number of likely N-dealkylation sites (tertiary alicyclic amines) is 1. The summed E-state index contributed by atoms with van der Waals surface area (Å²) in [5, 5.41) is 11.7. The quantitative estimate of drug-likeness (QED) is 0.818. The van der Waals surface area contributed by atoms with Gasteiger partial charge in [-0.25, -0.2) is 0 Å². The Bertz CT molecular complexity index is 754.